The van der Waals surface area contributed by atoms with Crippen molar-refractivity contribution in [3.63, 3.8) is 0 Å². The summed E-state index contributed by atoms with van der Waals surface area (Å²) in [4.78, 5) is 4.47. The molecule has 0 aromatic heterocycles. The summed E-state index contributed by atoms with van der Waals surface area (Å²) in [6, 6.07) is 17.2. The van der Waals surface area contributed by atoms with E-state index >= 15 is 0 Å². The van der Waals surface area contributed by atoms with E-state index in [4.69, 9.17) is 27.9 Å². The fourth-order valence-electron chi connectivity index (χ4n) is 2.32. The van der Waals surface area contributed by atoms with Crippen LogP contribution in [0.15, 0.2) is 65.7 Å². The summed E-state index contributed by atoms with van der Waals surface area (Å²) >= 11 is 12.3. The fraction of sp³-hybridized carbons (Fsp3) is 0.0952. The second-order valence-corrected chi connectivity index (χ2v) is 6.64. The number of aryl methyl sites for hydroxylation is 1. The third kappa shape index (κ3) is 4.84. The van der Waals surface area contributed by atoms with Crippen LogP contribution in [0.3, 0.4) is 0 Å². The second-order valence-electron chi connectivity index (χ2n) is 5.79. The minimum atomic E-state index is -0.273. The number of hydrogen-bond acceptors (Lipinski definition) is 2. The quantitative estimate of drug-likeness (QED) is 0.442. The lowest BCUT2D eigenvalue weighted by Crippen LogP contribution is -1.96. The summed E-state index contributed by atoms with van der Waals surface area (Å²) in [5.41, 5.74) is 3.56. The zero-order valence-electron chi connectivity index (χ0n) is 14.0. The van der Waals surface area contributed by atoms with Crippen molar-refractivity contribution in [2.75, 3.05) is 0 Å². The summed E-state index contributed by atoms with van der Waals surface area (Å²) in [5, 5.41) is 1.13. The average Bonchev–Trinajstić information content (AvgIpc) is 2.63. The van der Waals surface area contributed by atoms with Crippen LogP contribution in [0.4, 0.5) is 10.1 Å². The molecule has 0 aliphatic carbocycles. The Bertz CT molecular complexity index is 939. The van der Waals surface area contributed by atoms with Crippen LogP contribution in [0.2, 0.25) is 10.0 Å². The number of hydrogen-bond donors (Lipinski definition) is 0. The highest BCUT2D eigenvalue weighted by Gasteiger charge is 2.04. The first kappa shape index (κ1) is 18.4. The number of ether oxygens (including phenoxy) is 1. The lowest BCUT2D eigenvalue weighted by molar-refractivity contribution is 0.306. The number of halogens is 3. The monoisotopic (exact) mass is 387 g/mol. The SMILES string of the molecule is Cc1ccc(Cl)cc1N=Cc1ccc(OCc2ccc(F)cc2)c(Cl)c1. The summed E-state index contributed by atoms with van der Waals surface area (Å²) in [6.45, 7) is 2.29. The summed E-state index contributed by atoms with van der Waals surface area (Å²) in [6.07, 6.45) is 1.73. The lowest BCUT2D eigenvalue weighted by atomic mass is 10.2. The molecule has 0 radical (unpaired) electrons. The van der Waals surface area contributed by atoms with Gasteiger partial charge in [-0.05, 0) is 66.1 Å². The molecule has 0 fully saturated rings. The van der Waals surface area contributed by atoms with Crippen molar-refractivity contribution in [2.45, 2.75) is 13.5 Å². The van der Waals surface area contributed by atoms with Gasteiger partial charge in [0, 0.05) is 11.2 Å². The van der Waals surface area contributed by atoms with Crippen molar-refractivity contribution in [3.05, 3.63) is 93.2 Å². The topological polar surface area (TPSA) is 21.6 Å². The zero-order valence-corrected chi connectivity index (χ0v) is 15.6. The van der Waals surface area contributed by atoms with Crippen molar-refractivity contribution in [1.82, 2.24) is 0 Å². The number of rotatable bonds is 5. The first-order valence-electron chi connectivity index (χ1n) is 7.98. The highest BCUT2D eigenvalue weighted by atomic mass is 35.5. The predicted molar refractivity (Wildman–Crippen MR) is 106 cm³/mol. The Balaban J connectivity index is 1.69. The van der Waals surface area contributed by atoms with Crippen LogP contribution in [0, 0.1) is 12.7 Å². The first-order valence-corrected chi connectivity index (χ1v) is 8.74. The molecule has 26 heavy (non-hydrogen) atoms. The largest absolute Gasteiger partial charge is 0.487 e. The molecule has 0 bridgehead atoms. The molecule has 0 heterocycles. The van der Waals surface area contributed by atoms with Gasteiger partial charge in [-0.2, -0.15) is 0 Å². The predicted octanol–water partition coefficient (Wildman–Crippen LogP) is 6.77. The standard InChI is InChI=1S/C21H16Cl2FNO/c1-14-2-6-17(22)11-20(14)25-12-16-5-9-21(19(23)10-16)26-13-15-3-7-18(24)8-4-15/h2-12H,13H2,1H3. The van der Waals surface area contributed by atoms with Crippen molar-refractivity contribution in [1.29, 1.82) is 0 Å². The Morgan fingerprint density at radius 1 is 1.00 bits per heavy atom. The maximum Gasteiger partial charge on any atom is 0.138 e. The van der Waals surface area contributed by atoms with Crippen LogP contribution in [0.1, 0.15) is 16.7 Å². The van der Waals surface area contributed by atoms with Crippen molar-refractivity contribution < 1.29 is 9.13 Å². The van der Waals surface area contributed by atoms with E-state index in [9.17, 15) is 4.39 Å². The van der Waals surface area contributed by atoms with Crippen LogP contribution in [-0.2, 0) is 6.61 Å². The molecule has 0 unspecified atom stereocenters. The van der Waals surface area contributed by atoms with Crippen LogP contribution in [-0.4, -0.2) is 6.21 Å². The Hall–Kier alpha value is -2.36. The maximum atomic E-state index is 12.9. The van der Waals surface area contributed by atoms with E-state index in [1.54, 1.807) is 30.5 Å². The average molecular weight is 388 g/mol. The molecule has 0 spiro atoms. The zero-order chi connectivity index (χ0) is 18.5. The molecular formula is C21H16Cl2FNO. The highest BCUT2D eigenvalue weighted by Crippen LogP contribution is 2.27. The molecule has 3 aromatic rings. The number of nitrogens with zero attached hydrogens (tertiary/aromatic N) is 1. The summed E-state index contributed by atoms with van der Waals surface area (Å²) in [7, 11) is 0. The van der Waals surface area contributed by atoms with Gasteiger partial charge in [0.1, 0.15) is 18.2 Å². The molecule has 0 aliphatic heterocycles. The van der Waals surface area contributed by atoms with E-state index in [1.807, 2.05) is 31.2 Å². The van der Waals surface area contributed by atoms with Gasteiger partial charge in [0.05, 0.1) is 10.7 Å². The van der Waals surface area contributed by atoms with Gasteiger partial charge >= 0.3 is 0 Å². The summed E-state index contributed by atoms with van der Waals surface area (Å²) in [5.74, 6) is 0.289. The molecule has 5 heteroatoms. The lowest BCUT2D eigenvalue weighted by Gasteiger charge is -2.09. The Labute approximate surface area is 161 Å². The Morgan fingerprint density at radius 3 is 2.50 bits per heavy atom. The molecular weight excluding hydrogens is 372 g/mol. The van der Waals surface area contributed by atoms with Crippen LogP contribution < -0.4 is 4.74 Å². The molecule has 0 saturated carbocycles. The first-order chi connectivity index (χ1) is 12.5. The minimum Gasteiger partial charge on any atom is -0.487 e. The summed E-state index contributed by atoms with van der Waals surface area (Å²) < 4.78 is 18.6. The fourth-order valence-corrected chi connectivity index (χ4v) is 2.73. The third-order valence-electron chi connectivity index (χ3n) is 3.79. The van der Waals surface area contributed by atoms with Gasteiger partial charge in [-0.1, -0.05) is 41.4 Å². The second kappa shape index (κ2) is 8.35. The van der Waals surface area contributed by atoms with E-state index < -0.39 is 0 Å². The van der Waals surface area contributed by atoms with E-state index in [2.05, 4.69) is 4.99 Å². The molecule has 2 nitrogen and oxygen atoms in total. The van der Waals surface area contributed by atoms with Crippen LogP contribution in [0.5, 0.6) is 5.75 Å². The van der Waals surface area contributed by atoms with Gasteiger partial charge in [-0.3, -0.25) is 4.99 Å². The Morgan fingerprint density at radius 2 is 1.77 bits per heavy atom. The number of aliphatic imine (C=N–C) groups is 1. The molecule has 0 saturated heterocycles. The van der Waals surface area contributed by atoms with Gasteiger partial charge < -0.3 is 4.74 Å². The molecule has 3 aromatic carbocycles. The molecule has 3 rings (SSSR count). The van der Waals surface area contributed by atoms with E-state index in [0.29, 0.717) is 22.4 Å². The van der Waals surface area contributed by atoms with Crippen LogP contribution >= 0.6 is 23.2 Å². The number of benzene rings is 3. The van der Waals surface area contributed by atoms with Crippen molar-refractivity contribution in [2.24, 2.45) is 4.99 Å². The van der Waals surface area contributed by atoms with Crippen molar-refractivity contribution >= 4 is 35.1 Å². The Kier molecular flexibility index (Phi) is 5.92. The van der Waals surface area contributed by atoms with Gasteiger partial charge in [-0.25, -0.2) is 4.39 Å². The molecule has 132 valence electrons. The maximum absolute atomic E-state index is 12.9. The highest BCUT2D eigenvalue weighted by molar-refractivity contribution is 6.32. The molecule has 0 atom stereocenters. The molecule has 0 amide bonds. The smallest absolute Gasteiger partial charge is 0.138 e. The van der Waals surface area contributed by atoms with Gasteiger partial charge in [0.25, 0.3) is 0 Å². The van der Waals surface area contributed by atoms with Crippen molar-refractivity contribution in [3.8, 4) is 5.75 Å². The van der Waals surface area contributed by atoms with Gasteiger partial charge in [0.2, 0.25) is 0 Å². The normalized spacial score (nSPS) is 11.1. The molecule has 0 aliphatic rings. The van der Waals surface area contributed by atoms with E-state index in [0.717, 1.165) is 22.4 Å². The molecule has 0 N–H and O–H groups in total. The van der Waals surface area contributed by atoms with E-state index in [-0.39, 0.29) is 5.82 Å². The third-order valence-corrected chi connectivity index (χ3v) is 4.32. The van der Waals surface area contributed by atoms with Gasteiger partial charge in [0.15, 0.2) is 0 Å². The minimum absolute atomic E-state index is 0.273. The van der Waals surface area contributed by atoms with Gasteiger partial charge in [-0.15, -0.1) is 0 Å². The van der Waals surface area contributed by atoms with E-state index in [1.165, 1.54) is 12.1 Å². The van der Waals surface area contributed by atoms with Crippen LogP contribution in [0.25, 0.3) is 0 Å².